The summed E-state index contributed by atoms with van der Waals surface area (Å²) < 4.78 is 2.29. The van der Waals surface area contributed by atoms with Crippen LogP contribution in [0.4, 0.5) is 0 Å². The van der Waals surface area contributed by atoms with Gasteiger partial charge in [0.2, 0.25) is 4.96 Å². The fourth-order valence-corrected chi connectivity index (χ4v) is 5.02. The molecule has 0 aliphatic heterocycles. The van der Waals surface area contributed by atoms with E-state index >= 15 is 0 Å². The standard InChI is InChI=1S/C22H23Cl2N3OS/c1-21(2,3)13-8-6-12(7-9-13)10-15-19(28)27-20(29-15)25-18(26-27)17-14(11-16(23)24)22(17,4)5/h6-11,14,17H,1-5H3. The minimum absolute atomic E-state index is 0.0289. The van der Waals surface area contributed by atoms with E-state index in [9.17, 15) is 4.79 Å². The third kappa shape index (κ3) is 3.76. The molecule has 3 aromatic rings. The molecule has 2 unspecified atom stereocenters. The number of hydrogen-bond acceptors (Lipinski definition) is 4. The molecule has 152 valence electrons. The van der Waals surface area contributed by atoms with Gasteiger partial charge in [0, 0.05) is 5.92 Å². The maximum Gasteiger partial charge on any atom is 0.291 e. The van der Waals surface area contributed by atoms with E-state index in [1.54, 1.807) is 0 Å². The van der Waals surface area contributed by atoms with E-state index in [1.807, 2.05) is 24.3 Å². The first kappa shape index (κ1) is 20.6. The van der Waals surface area contributed by atoms with Crippen molar-refractivity contribution >= 4 is 45.6 Å². The molecular formula is C22H23Cl2N3OS. The predicted molar refractivity (Wildman–Crippen MR) is 121 cm³/mol. The highest BCUT2D eigenvalue weighted by Crippen LogP contribution is 2.64. The first-order chi connectivity index (χ1) is 13.5. The Morgan fingerprint density at radius 3 is 2.41 bits per heavy atom. The molecule has 29 heavy (non-hydrogen) atoms. The van der Waals surface area contributed by atoms with Crippen molar-refractivity contribution in [2.24, 2.45) is 11.3 Å². The molecule has 0 radical (unpaired) electrons. The van der Waals surface area contributed by atoms with Crippen LogP contribution in [0.25, 0.3) is 11.0 Å². The lowest BCUT2D eigenvalue weighted by atomic mass is 9.87. The van der Waals surface area contributed by atoms with Gasteiger partial charge in [-0.1, -0.05) is 93.4 Å². The Balaban J connectivity index is 1.67. The minimum Gasteiger partial charge on any atom is -0.266 e. The van der Waals surface area contributed by atoms with Crippen molar-refractivity contribution in [3.63, 3.8) is 0 Å². The quantitative estimate of drug-likeness (QED) is 0.563. The number of rotatable bonds is 3. The number of hydrogen-bond donors (Lipinski definition) is 0. The smallest absolute Gasteiger partial charge is 0.266 e. The van der Waals surface area contributed by atoms with Crippen LogP contribution in [0.15, 0.2) is 39.6 Å². The van der Waals surface area contributed by atoms with Gasteiger partial charge in [0.1, 0.15) is 4.49 Å². The van der Waals surface area contributed by atoms with Gasteiger partial charge in [0.15, 0.2) is 5.82 Å². The van der Waals surface area contributed by atoms with E-state index < -0.39 is 0 Å². The number of fused-ring (bicyclic) bond motifs is 1. The molecule has 1 saturated carbocycles. The Labute approximate surface area is 183 Å². The fourth-order valence-electron chi connectivity index (χ4n) is 3.83. The van der Waals surface area contributed by atoms with Crippen molar-refractivity contribution in [1.29, 1.82) is 0 Å². The SMILES string of the molecule is CC(C)(C)c1ccc(C=c2sc3nc(C4C(C=C(Cl)Cl)C4(C)C)nn3c2=O)cc1. The maximum absolute atomic E-state index is 12.8. The molecule has 4 rings (SSSR count). The van der Waals surface area contributed by atoms with Crippen LogP contribution in [0.5, 0.6) is 0 Å². The van der Waals surface area contributed by atoms with Crippen LogP contribution in [0.3, 0.4) is 0 Å². The lowest BCUT2D eigenvalue weighted by Crippen LogP contribution is -2.23. The Hall–Kier alpha value is -1.69. The third-order valence-corrected chi connectivity index (χ3v) is 6.98. The van der Waals surface area contributed by atoms with E-state index in [1.165, 1.54) is 21.4 Å². The Kier molecular flexibility index (Phi) is 4.92. The average molecular weight is 448 g/mol. The highest BCUT2D eigenvalue weighted by molar-refractivity contribution is 7.15. The van der Waals surface area contributed by atoms with Gasteiger partial charge in [-0.25, -0.2) is 4.98 Å². The number of thiazole rings is 1. The molecule has 0 spiro atoms. The average Bonchev–Trinajstić information content (AvgIpc) is 2.91. The second kappa shape index (κ2) is 6.93. The van der Waals surface area contributed by atoms with Crippen molar-refractivity contribution in [3.05, 3.63) is 66.7 Å². The van der Waals surface area contributed by atoms with E-state index in [0.717, 1.165) is 5.56 Å². The Morgan fingerprint density at radius 2 is 1.86 bits per heavy atom. The van der Waals surface area contributed by atoms with E-state index in [4.69, 9.17) is 23.2 Å². The summed E-state index contributed by atoms with van der Waals surface area (Å²) in [5.41, 5.74) is 2.19. The molecule has 0 N–H and O–H groups in total. The zero-order valence-corrected chi connectivity index (χ0v) is 19.4. The lowest BCUT2D eigenvalue weighted by molar-refractivity contribution is 0.585. The van der Waals surface area contributed by atoms with Crippen LogP contribution in [0.2, 0.25) is 0 Å². The van der Waals surface area contributed by atoms with Crippen LogP contribution in [0.1, 0.15) is 57.5 Å². The first-order valence-electron chi connectivity index (χ1n) is 9.53. The summed E-state index contributed by atoms with van der Waals surface area (Å²) in [6, 6.07) is 8.30. The number of halogens is 2. The molecule has 1 aliphatic rings. The Bertz CT molecular complexity index is 1210. The molecule has 7 heteroatoms. The summed E-state index contributed by atoms with van der Waals surface area (Å²) in [4.78, 5) is 18.1. The molecule has 2 heterocycles. The molecule has 1 fully saturated rings. The summed E-state index contributed by atoms with van der Waals surface area (Å²) in [7, 11) is 0. The van der Waals surface area contributed by atoms with Gasteiger partial charge >= 0.3 is 0 Å². The molecule has 1 aromatic carbocycles. The van der Waals surface area contributed by atoms with Crippen molar-refractivity contribution in [3.8, 4) is 0 Å². The Morgan fingerprint density at radius 1 is 1.21 bits per heavy atom. The van der Waals surface area contributed by atoms with Gasteiger partial charge in [0.25, 0.3) is 5.56 Å². The van der Waals surface area contributed by atoms with E-state index in [0.29, 0.717) is 15.3 Å². The summed E-state index contributed by atoms with van der Waals surface area (Å²) in [6.45, 7) is 10.8. The van der Waals surface area contributed by atoms with Crippen LogP contribution >= 0.6 is 34.5 Å². The number of benzene rings is 1. The van der Waals surface area contributed by atoms with Gasteiger partial charge in [-0.2, -0.15) is 4.52 Å². The van der Waals surface area contributed by atoms with E-state index in [2.05, 4.69) is 56.8 Å². The second-order valence-electron chi connectivity index (χ2n) is 9.23. The van der Waals surface area contributed by atoms with Gasteiger partial charge in [-0.15, -0.1) is 5.10 Å². The van der Waals surface area contributed by atoms with E-state index in [-0.39, 0.29) is 32.7 Å². The first-order valence-corrected chi connectivity index (χ1v) is 11.1. The molecule has 1 aliphatic carbocycles. The molecule has 0 bridgehead atoms. The van der Waals surface area contributed by atoms with Gasteiger partial charge in [0.05, 0.1) is 4.53 Å². The summed E-state index contributed by atoms with van der Waals surface area (Å²) in [5.74, 6) is 0.959. The molecule has 4 nitrogen and oxygen atoms in total. The largest absolute Gasteiger partial charge is 0.291 e. The molecule has 2 atom stereocenters. The highest BCUT2D eigenvalue weighted by Gasteiger charge is 2.59. The topological polar surface area (TPSA) is 47.3 Å². The number of aromatic nitrogens is 3. The summed E-state index contributed by atoms with van der Waals surface area (Å²) in [6.07, 6.45) is 3.73. The highest BCUT2D eigenvalue weighted by atomic mass is 35.5. The zero-order valence-electron chi connectivity index (χ0n) is 17.0. The van der Waals surface area contributed by atoms with Crippen LogP contribution in [0, 0.1) is 11.3 Å². The minimum atomic E-state index is -0.135. The third-order valence-electron chi connectivity index (χ3n) is 5.77. The number of allylic oxidation sites excluding steroid dienone is 1. The van der Waals surface area contributed by atoms with Gasteiger partial charge < -0.3 is 0 Å². The normalized spacial score (nSPS) is 21.6. The van der Waals surface area contributed by atoms with Crippen LogP contribution < -0.4 is 10.1 Å². The summed E-state index contributed by atoms with van der Waals surface area (Å²) in [5, 5.41) is 4.50. The molecule has 0 amide bonds. The monoisotopic (exact) mass is 447 g/mol. The second-order valence-corrected chi connectivity index (χ2v) is 11.3. The van der Waals surface area contributed by atoms with Crippen molar-refractivity contribution in [2.45, 2.75) is 46.0 Å². The van der Waals surface area contributed by atoms with Crippen molar-refractivity contribution in [1.82, 2.24) is 14.6 Å². The van der Waals surface area contributed by atoms with Gasteiger partial charge in [-0.3, -0.25) is 4.79 Å². The molecule has 0 saturated heterocycles. The predicted octanol–water partition coefficient (Wildman–Crippen LogP) is 5.05. The molecule has 2 aromatic heterocycles. The van der Waals surface area contributed by atoms with Crippen molar-refractivity contribution < 1.29 is 0 Å². The van der Waals surface area contributed by atoms with Crippen LogP contribution in [-0.4, -0.2) is 14.6 Å². The van der Waals surface area contributed by atoms with Crippen molar-refractivity contribution in [2.75, 3.05) is 0 Å². The molecular weight excluding hydrogens is 425 g/mol. The fraction of sp³-hybridized carbons (Fsp3) is 0.409. The maximum atomic E-state index is 12.8. The summed E-state index contributed by atoms with van der Waals surface area (Å²) >= 11 is 13.0. The zero-order chi connectivity index (χ0) is 21.1. The van der Waals surface area contributed by atoms with Gasteiger partial charge in [-0.05, 0) is 40.0 Å². The number of nitrogens with zero attached hydrogens (tertiary/aromatic N) is 3. The lowest BCUT2D eigenvalue weighted by Gasteiger charge is -2.18. The van der Waals surface area contributed by atoms with Crippen LogP contribution in [-0.2, 0) is 5.41 Å².